The molecule has 0 aliphatic carbocycles. The molecule has 6 aromatic rings. The average Bonchev–Trinajstić information content (AvgIpc) is 4.03. The predicted octanol–water partition coefficient (Wildman–Crippen LogP) is -2.87. The molecule has 0 amide bonds. The van der Waals surface area contributed by atoms with E-state index < -0.39 is 83.6 Å². The largest absolute Gasteiger partial charge is 0.472 e. The number of imidazole rings is 3. The predicted molar refractivity (Wildman–Crippen MR) is 193 cm³/mol. The fraction of sp³-hybridized carbons (Fsp3) is 0.464. The summed E-state index contributed by atoms with van der Waals surface area (Å²) in [4.78, 5) is 58.3. The molecule has 0 spiro atoms. The summed E-state index contributed by atoms with van der Waals surface area (Å²) >= 11 is 0. The molecule has 0 saturated carbocycles. The Kier molecular flexibility index (Phi) is 10.8. The van der Waals surface area contributed by atoms with Crippen LogP contribution in [0.25, 0.3) is 33.5 Å². The van der Waals surface area contributed by atoms with Crippen LogP contribution < -0.4 is 17.2 Å². The van der Waals surface area contributed by atoms with Crippen molar-refractivity contribution in [2.45, 2.75) is 55.0 Å². The Morgan fingerprint density at radius 2 is 1.32 bits per heavy atom. The molecule has 316 valence electrons. The number of nitrogens with zero attached hydrogens (tertiary/aromatic N) is 12. The highest BCUT2D eigenvalue weighted by Crippen LogP contribution is 2.64. The van der Waals surface area contributed by atoms with Crippen molar-refractivity contribution in [2.24, 2.45) is 0 Å². The summed E-state index contributed by atoms with van der Waals surface area (Å²) in [5.41, 5.74) is 18.4. The molecule has 8 rings (SSSR count). The van der Waals surface area contributed by atoms with E-state index in [1.807, 2.05) is 0 Å². The highest BCUT2D eigenvalue weighted by molar-refractivity contribution is 7.54. The Bertz CT molecular complexity index is 2600. The third kappa shape index (κ3) is 7.14. The van der Waals surface area contributed by atoms with E-state index in [1.165, 1.54) is 28.1 Å². The molecule has 2 aliphatic rings. The van der Waals surface area contributed by atoms with Gasteiger partial charge in [-0.2, -0.15) is 0 Å². The molecule has 2 saturated heterocycles. The van der Waals surface area contributed by atoms with Gasteiger partial charge in [-0.05, 0) is 0 Å². The van der Waals surface area contributed by atoms with Crippen molar-refractivity contribution in [3.63, 3.8) is 0 Å². The second-order valence-electron chi connectivity index (χ2n) is 13.0. The number of aliphatic hydroxyl groups excluding tert-OH is 3. The zero-order chi connectivity index (χ0) is 41.9. The van der Waals surface area contributed by atoms with Gasteiger partial charge in [-0.3, -0.25) is 27.3 Å². The monoisotopic (exact) mass is 867 g/mol. The molecule has 2 unspecified atom stereocenters. The van der Waals surface area contributed by atoms with Crippen LogP contribution in [0.15, 0.2) is 38.0 Å². The molecular weight excluding hydrogens is 832 g/mol. The van der Waals surface area contributed by atoms with E-state index in [0.29, 0.717) is 11.2 Å². The lowest BCUT2D eigenvalue weighted by molar-refractivity contribution is -0.0749. The van der Waals surface area contributed by atoms with Gasteiger partial charge in [0, 0.05) is 0 Å². The zero-order valence-electron chi connectivity index (χ0n) is 30.0. The Morgan fingerprint density at radius 1 is 0.746 bits per heavy atom. The molecule has 31 heteroatoms. The van der Waals surface area contributed by atoms with Crippen LogP contribution in [0.5, 0.6) is 0 Å². The van der Waals surface area contributed by atoms with Gasteiger partial charge in [-0.25, -0.2) is 49.4 Å². The molecule has 29 nitrogen and oxygen atoms in total. The third-order valence-electron chi connectivity index (χ3n) is 9.51. The van der Waals surface area contributed by atoms with Crippen molar-refractivity contribution >= 4 is 66.4 Å². The first-order valence-electron chi connectivity index (χ1n) is 17.1. The van der Waals surface area contributed by atoms with E-state index in [4.69, 9.17) is 45.0 Å². The standard InChI is InChI=1S/C28H35N15O14P2/c29-20-14-23(35-5-32-20)41(8-38-14)11-52-1-2-53-58(48,49)28(47)19(46)13(56-27(28)43-10-40-16-22(31)34-7-37-25(16)43)4-54-59(50,51)57-18-17(45)12(3-44)55-26(18)42-9-39-15-21(30)33-6-36-24(15)42/h5-10,12-13,17-19,26-27,44-47H,1-4,11H2,(H,48,49)(H,50,51)(H2,29,32,35)(H2,30,33,36)(H2,31,34,37)/t12-,13-,17-,18-,19-,26-,27-,28+/m1/s1. The van der Waals surface area contributed by atoms with Crippen molar-refractivity contribution in [3.8, 4) is 0 Å². The average molecular weight is 868 g/mol. The number of aromatic nitrogens is 12. The van der Waals surface area contributed by atoms with Gasteiger partial charge in [-0.15, -0.1) is 0 Å². The van der Waals surface area contributed by atoms with E-state index in [9.17, 15) is 39.3 Å². The van der Waals surface area contributed by atoms with Crippen molar-refractivity contribution in [1.82, 2.24) is 58.6 Å². The van der Waals surface area contributed by atoms with Crippen LogP contribution in [0.1, 0.15) is 12.5 Å². The number of fused-ring (bicyclic) bond motifs is 3. The molecule has 6 aromatic heterocycles. The van der Waals surface area contributed by atoms with Gasteiger partial charge in [0.05, 0.1) is 45.4 Å². The maximum absolute atomic E-state index is 14.0. The van der Waals surface area contributed by atoms with Gasteiger partial charge in [0.25, 0.3) is 0 Å². The van der Waals surface area contributed by atoms with Gasteiger partial charge in [0.1, 0.15) is 72.8 Å². The summed E-state index contributed by atoms with van der Waals surface area (Å²) < 4.78 is 64.0. The number of ether oxygens (including phenoxy) is 3. The SMILES string of the molecule is Nc1ncnc2c1ncn2COCCOP(=O)(O)[C@@]1(O)[C@H](O)[C@@H](COP(=O)(O)O[C@@H]2[C@H](O)[C@@H](CO)O[C@H]2n2cnc3c(N)ncnc32)O[C@H]1n1cnc2c(N)ncnc21. The van der Waals surface area contributed by atoms with Crippen LogP contribution >= 0.6 is 15.4 Å². The Balaban J connectivity index is 0.998. The summed E-state index contributed by atoms with van der Waals surface area (Å²) in [6.45, 7) is -2.91. The maximum atomic E-state index is 14.0. The minimum absolute atomic E-state index is 0.000392. The number of hydrogen-bond donors (Lipinski definition) is 9. The van der Waals surface area contributed by atoms with Crippen LogP contribution in [0.2, 0.25) is 0 Å². The normalized spacial score (nSPS) is 28.1. The van der Waals surface area contributed by atoms with E-state index >= 15 is 0 Å². The van der Waals surface area contributed by atoms with E-state index in [-0.39, 0.29) is 53.1 Å². The molecular formula is C28H35N15O14P2. The first kappa shape index (κ1) is 40.8. The van der Waals surface area contributed by atoms with Crippen molar-refractivity contribution in [3.05, 3.63) is 38.0 Å². The summed E-state index contributed by atoms with van der Waals surface area (Å²) in [5, 5.41) is 41.1. The molecule has 2 fully saturated rings. The molecule has 59 heavy (non-hydrogen) atoms. The first-order chi connectivity index (χ1) is 28.1. The number of phosphoric acid groups is 1. The van der Waals surface area contributed by atoms with E-state index in [2.05, 4.69) is 44.9 Å². The lowest BCUT2D eigenvalue weighted by atomic mass is 10.1. The van der Waals surface area contributed by atoms with Gasteiger partial charge in [-0.1, -0.05) is 0 Å². The highest BCUT2D eigenvalue weighted by atomic mass is 31.2. The van der Waals surface area contributed by atoms with E-state index in [1.54, 1.807) is 0 Å². The second kappa shape index (κ2) is 15.6. The molecule has 0 aromatic carbocycles. The van der Waals surface area contributed by atoms with Gasteiger partial charge in [0.2, 0.25) is 5.34 Å². The van der Waals surface area contributed by atoms with Crippen LogP contribution in [-0.4, -0.2) is 151 Å². The van der Waals surface area contributed by atoms with Crippen LogP contribution in [0, 0.1) is 0 Å². The Morgan fingerprint density at radius 3 is 1.97 bits per heavy atom. The fourth-order valence-corrected chi connectivity index (χ4v) is 9.03. The van der Waals surface area contributed by atoms with Crippen LogP contribution in [0.3, 0.4) is 0 Å². The minimum atomic E-state index is -5.44. The third-order valence-corrected chi connectivity index (χ3v) is 12.4. The first-order valence-corrected chi connectivity index (χ1v) is 20.2. The lowest BCUT2D eigenvalue weighted by Crippen LogP contribution is -2.47. The molecule has 0 bridgehead atoms. The number of nitrogens with two attached hydrogens (primary N) is 3. The Labute approximate surface area is 328 Å². The van der Waals surface area contributed by atoms with Gasteiger partial charge < -0.3 is 66.1 Å². The topological polar surface area (TPSA) is 420 Å². The number of rotatable bonds is 15. The number of hydrogen-bond acceptors (Lipinski definition) is 24. The van der Waals surface area contributed by atoms with Gasteiger partial charge >= 0.3 is 15.4 Å². The molecule has 10 atom stereocenters. The zero-order valence-corrected chi connectivity index (χ0v) is 31.8. The lowest BCUT2D eigenvalue weighted by Gasteiger charge is -2.34. The van der Waals surface area contributed by atoms with E-state index in [0.717, 1.165) is 23.5 Å². The summed E-state index contributed by atoms with van der Waals surface area (Å²) in [7, 11) is -10.8. The maximum Gasteiger partial charge on any atom is 0.472 e. The second-order valence-corrected chi connectivity index (χ2v) is 16.5. The van der Waals surface area contributed by atoms with Crippen molar-refractivity contribution in [1.29, 1.82) is 0 Å². The summed E-state index contributed by atoms with van der Waals surface area (Å²) in [6, 6.07) is 0. The Hall–Kier alpha value is -4.97. The number of aliphatic hydroxyl groups is 4. The molecule has 0 radical (unpaired) electrons. The molecule has 8 heterocycles. The van der Waals surface area contributed by atoms with Crippen molar-refractivity contribution < 1.29 is 67.1 Å². The molecule has 2 aliphatic heterocycles. The smallest absolute Gasteiger partial charge is 0.394 e. The fourth-order valence-electron chi connectivity index (χ4n) is 6.60. The highest BCUT2D eigenvalue weighted by Gasteiger charge is 2.68. The number of phosphoric ester groups is 1. The number of anilines is 3. The number of nitrogen functional groups attached to an aromatic ring is 3. The quantitative estimate of drug-likeness (QED) is 0.0370. The minimum Gasteiger partial charge on any atom is -0.394 e. The summed E-state index contributed by atoms with van der Waals surface area (Å²) in [5.74, 6) is 0.0410. The van der Waals surface area contributed by atoms with Crippen LogP contribution in [0.4, 0.5) is 17.5 Å². The van der Waals surface area contributed by atoms with Crippen LogP contribution in [-0.2, 0) is 43.6 Å². The van der Waals surface area contributed by atoms with Crippen molar-refractivity contribution in [2.75, 3.05) is 43.6 Å². The summed E-state index contributed by atoms with van der Waals surface area (Å²) in [6.07, 6.45) is -5.44. The van der Waals surface area contributed by atoms with Gasteiger partial charge in [0.15, 0.2) is 46.9 Å². The molecule has 12 N–H and O–H groups in total.